The van der Waals surface area contributed by atoms with Crippen molar-refractivity contribution >= 4 is 27.6 Å². The third-order valence-electron chi connectivity index (χ3n) is 5.40. The van der Waals surface area contributed by atoms with Crippen molar-refractivity contribution in [3.05, 3.63) is 29.8 Å². The van der Waals surface area contributed by atoms with Gasteiger partial charge in [0.25, 0.3) is 5.91 Å². The molecule has 3 rings (SSSR count). The monoisotopic (exact) mass is 380 g/mol. The Labute approximate surface area is 153 Å². The normalized spacial score (nSPS) is 27.9. The Morgan fingerprint density at radius 3 is 2.69 bits per heavy atom. The molecule has 2 fully saturated rings. The minimum atomic E-state index is -3.32. The van der Waals surface area contributed by atoms with E-state index in [2.05, 4.69) is 5.32 Å². The number of carbonyl (C=O) groups excluding carboxylic acids is 1. The van der Waals surface area contributed by atoms with Gasteiger partial charge < -0.3 is 10.4 Å². The van der Waals surface area contributed by atoms with Crippen molar-refractivity contribution in [1.29, 1.82) is 0 Å². The van der Waals surface area contributed by atoms with Crippen LogP contribution in [0.5, 0.6) is 0 Å². The number of sulfonamides is 1. The van der Waals surface area contributed by atoms with Gasteiger partial charge >= 0.3 is 5.97 Å². The molecular weight excluding hydrogens is 356 g/mol. The Kier molecular flexibility index (Phi) is 4.96. The van der Waals surface area contributed by atoms with Crippen molar-refractivity contribution < 1.29 is 23.1 Å². The van der Waals surface area contributed by atoms with E-state index in [0.29, 0.717) is 37.1 Å². The highest BCUT2D eigenvalue weighted by atomic mass is 32.2. The fourth-order valence-electron chi connectivity index (χ4n) is 3.94. The second-order valence-electron chi connectivity index (χ2n) is 7.30. The number of hydrogen-bond donors (Lipinski definition) is 2. The highest BCUT2D eigenvalue weighted by Gasteiger charge is 2.42. The standard InChI is InChI=1S/C18H24N2O5S/c1-18(9-3-2-8-15(18)17(22)23)19-16(21)13-6-4-7-14(12-13)20-10-5-11-26(20,24)25/h4,6-7,12,15H,2-3,5,8-11H2,1H3,(H,19,21)(H,22,23). The molecule has 1 aromatic rings. The molecule has 142 valence electrons. The van der Waals surface area contributed by atoms with E-state index in [1.54, 1.807) is 31.2 Å². The molecule has 2 atom stereocenters. The number of carboxylic acids is 1. The molecule has 2 unspecified atom stereocenters. The van der Waals surface area contributed by atoms with Gasteiger partial charge in [0, 0.05) is 12.1 Å². The molecule has 1 aliphatic heterocycles. The molecule has 0 radical (unpaired) electrons. The van der Waals surface area contributed by atoms with Crippen LogP contribution in [0.2, 0.25) is 0 Å². The number of aliphatic carboxylic acids is 1. The summed E-state index contributed by atoms with van der Waals surface area (Å²) in [5.74, 6) is -1.78. The van der Waals surface area contributed by atoms with Crippen molar-refractivity contribution in [1.82, 2.24) is 5.32 Å². The number of amides is 1. The van der Waals surface area contributed by atoms with Gasteiger partial charge in [-0.2, -0.15) is 0 Å². The molecule has 8 heteroatoms. The SMILES string of the molecule is CC1(NC(=O)c2cccc(N3CCCS3(=O)=O)c2)CCCCC1C(=O)O. The summed E-state index contributed by atoms with van der Waals surface area (Å²) >= 11 is 0. The number of hydrogen-bond acceptors (Lipinski definition) is 4. The van der Waals surface area contributed by atoms with Gasteiger partial charge in [0.05, 0.1) is 22.9 Å². The van der Waals surface area contributed by atoms with Crippen molar-refractivity contribution in [2.24, 2.45) is 5.92 Å². The highest BCUT2D eigenvalue weighted by molar-refractivity contribution is 7.93. The molecule has 1 aliphatic carbocycles. The lowest BCUT2D eigenvalue weighted by Crippen LogP contribution is -2.55. The Bertz CT molecular complexity index is 823. The first-order valence-electron chi connectivity index (χ1n) is 8.89. The molecule has 0 bridgehead atoms. The summed E-state index contributed by atoms with van der Waals surface area (Å²) in [6, 6.07) is 6.49. The van der Waals surface area contributed by atoms with Crippen LogP contribution < -0.4 is 9.62 Å². The molecule has 2 aliphatic rings. The molecule has 1 heterocycles. The van der Waals surface area contributed by atoms with Crippen LogP contribution >= 0.6 is 0 Å². The summed E-state index contributed by atoms with van der Waals surface area (Å²) in [5, 5.41) is 12.4. The fourth-order valence-corrected chi connectivity index (χ4v) is 5.50. The third-order valence-corrected chi connectivity index (χ3v) is 7.27. The third kappa shape index (κ3) is 3.56. The molecule has 7 nitrogen and oxygen atoms in total. The first-order chi connectivity index (χ1) is 12.2. The molecule has 0 spiro atoms. The summed E-state index contributed by atoms with van der Waals surface area (Å²) in [7, 11) is -3.32. The minimum absolute atomic E-state index is 0.113. The molecule has 1 amide bonds. The average Bonchev–Trinajstić information content (AvgIpc) is 2.94. The van der Waals surface area contributed by atoms with Crippen LogP contribution in [0.4, 0.5) is 5.69 Å². The quantitative estimate of drug-likeness (QED) is 0.831. The topological polar surface area (TPSA) is 104 Å². The van der Waals surface area contributed by atoms with Crippen LogP contribution in [-0.4, -0.2) is 43.2 Å². The van der Waals surface area contributed by atoms with E-state index in [9.17, 15) is 23.1 Å². The average molecular weight is 380 g/mol. The largest absolute Gasteiger partial charge is 0.481 e. The number of rotatable bonds is 4. The lowest BCUT2D eigenvalue weighted by atomic mass is 9.73. The van der Waals surface area contributed by atoms with Crippen LogP contribution in [-0.2, 0) is 14.8 Å². The van der Waals surface area contributed by atoms with Gasteiger partial charge in [-0.3, -0.25) is 13.9 Å². The predicted molar refractivity (Wildman–Crippen MR) is 97.7 cm³/mol. The van der Waals surface area contributed by atoms with E-state index < -0.39 is 27.4 Å². The Morgan fingerprint density at radius 1 is 1.27 bits per heavy atom. The molecular formula is C18H24N2O5S. The zero-order valence-corrected chi connectivity index (χ0v) is 15.6. The first-order valence-corrected chi connectivity index (χ1v) is 10.5. The smallest absolute Gasteiger partial charge is 0.308 e. The number of benzene rings is 1. The van der Waals surface area contributed by atoms with E-state index in [1.807, 2.05) is 0 Å². The Hall–Kier alpha value is -2.09. The van der Waals surface area contributed by atoms with Crippen molar-refractivity contribution in [2.45, 2.75) is 44.6 Å². The summed E-state index contributed by atoms with van der Waals surface area (Å²) in [5.41, 5.74) is -0.00376. The second kappa shape index (κ2) is 6.90. The molecule has 1 saturated heterocycles. The van der Waals surface area contributed by atoms with Gasteiger partial charge in [0.1, 0.15) is 0 Å². The zero-order chi connectivity index (χ0) is 18.9. The predicted octanol–water partition coefficient (Wildman–Crippen LogP) is 1.99. The lowest BCUT2D eigenvalue weighted by molar-refractivity contribution is -0.145. The van der Waals surface area contributed by atoms with Gasteiger partial charge in [-0.1, -0.05) is 18.9 Å². The molecule has 26 heavy (non-hydrogen) atoms. The van der Waals surface area contributed by atoms with Gasteiger partial charge in [-0.15, -0.1) is 0 Å². The van der Waals surface area contributed by atoms with E-state index in [4.69, 9.17) is 0 Å². The summed E-state index contributed by atoms with van der Waals surface area (Å²) in [6.45, 7) is 2.18. The van der Waals surface area contributed by atoms with E-state index in [0.717, 1.165) is 12.8 Å². The van der Waals surface area contributed by atoms with Crippen LogP contribution in [0.1, 0.15) is 49.4 Å². The van der Waals surface area contributed by atoms with Crippen molar-refractivity contribution in [2.75, 3.05) is 16.6 Å². The number of carbonyl (C=O) groups is 2. The van der Waals surface area contributed by atoms with Crippen molar-refractivity contribution in [3.63, 3.8) is 0 Å². The van der Waals surface area contributed by atoms with Crippen LogP contribution in [0.15, 0.2) is 24.3 Å². The molecule has 2 N–H and O–H groups in total. The Balaban J connectivity index is 1.82. The van der Waals surface area contributed by atoms with E-state index in [-0.39, 0.29) is 11.7 Å². The summed E-state index contributed by atoms with van der Waals surface area (Å²) in [6.07, 6.45) is 3.42. The van der Waals surface area contributed by atoms with Gasteiger partial charge in [0.15, 0.2) is 0 Å². The maximum absolute atomic E-state index is 12.7. The number of anilines is 1. The fraction of sp³-hybridized carbons (Fsp3) is 0.556. The minimum Gasteiger partial charge on any atom is -0.481 e. The maximum atomic E-state index is 12.7. The number of carboxylic acid groups (broad SMARTS) is 1. The Morgan fingerprint density at radius 2 is 2.04 bits per heavy atom. The maximum Gasteiger partial charge on any atom is 0.308 e. The molecule has 1 aromatic carbocycles. The van der Waals surface area contributed by atoms with Crippen molar-refractivity contribution in [3.8, 4) is 0 Å². The van der Waals surface area contributed by atoms with Gasteiger partial charge in [0.2, 0.25) is 10.0 Å². The number of nitrogens with zero attached hydrogens (tertiary/aromatic N) is 1. The summed E-state index contributed by atoms with van der Waals surface area (Å²) < 4.78 is 25.5. The zero-order valence-electron chi connectivity index (χ0n) is 14.8. The number of nitrogens with one attached hydrogen (secondary N) is 1. The van der Waals surface area contributed by atoms with Crippen LogP contribution in [0.25, 0.3) is 0 Å². The molecule has 1 saturated carbocycles. The van der Waals surface area contributed by atoms with Crippen LogP contribution in [0.3, 0.4) is 0 Å². The van der Waals surface area contributed by atoms with E-state index in [1.165, 1.54) is 4.31 Å². The molecule has 0 aromatic heterocycles. The lowest BCUT2D eigenvalue weighted by Gasteiger charge is -2.39. The second-order valence-corrected chi connectivity index (χ2v) is 9.31. The first kappa shape index (κ1) is 18.7. The van der Waals surface area contributed by atoms with E-state index >= 15 is 0 Å². The van der Waals surface area contributed by atoms with Gasteiger partial charge in [-0.25, -0.2) is 8.42 Å². The van der Waals surface area contributed by atoms with Gasteiger partial charge in [-0.05, 0) is 44.4 Å². The van der Waals surface area contributed by atoms with Crippen LogP contribution in [0, 0.1) is 5.92 Å². The highest BCUT2D eigenvalue weighted by Crippen LogP contribution is 2.34. The summed E-state index contributed by atoms with van der Waals surface area (Å²) in [4.78, 5) is 24.3.